The van der Waals surface area contributed by atoms with Crippen molar-refractivity contribution < 1.29 is 19.0 Å². The molecule has 0 aliphatic carbocycles. The van der Waals surface area contributed by atoms with Gasteiger partial charge in [0, 0.05) is 0 Å². The Morgan fingerprint density at radius 2 is 1.77 bits per heavy atom. The van der Waals surface area contributed by atoms with E-state index in [1.54, 1.807) is 0 Å². The summed E-state index contributed by atoms with van der Waals surface area (Å²) in [5, 5.41) is 17.1. The van der Waals surface area contributed by atoms with Gasteiger partial charge in [0.1, 0.15) is 0 Å². The molecule has 0 fully saturated rings. The molecule has 0 unspecified atom stereocenters. The first-order valence-electron chi connectivity index (χ1n) is 3.60. The van der Waals surface area contributed by atoms with E-state index >= 15 is 0 Å². The summed E-state index contributed by atoms with van der Waals surface area (Å²) < 4.78 is 25.4. The van der Waals surface area contributed by atoms with Crippen molar-refractivity contribution in [2.75, 3.05) is 6.61 Å². The van der Waals surface area contributed by atoms with Crippen LogP contribution in [-0.2, 0) is 0 Å². The molecule has 1 aromatic carbocycles. The van der Waals surface area contributed by atoms with E-state index < -0.39 is 17.4 Å². The SMILES string of the molecule is OCC=Cc1cc(F)c(O)c(F)c1. The lowest BCUT2D eigenvalue weighted by molar-refractivity contribution is 0.343. The molecule has 2 N–H and O–H groups in total. The highest BCUT2D eigenvalue weighted by molar-refractivity contribution is 5.51. The highest BCUT2D eigenvalue weighted by Crippen LogP contribution is 2.21. The van der Waals surface area contributed by atoms with Gasteiger partial charge in [-0.2, -0.15) is 0 Å². The summed E-state index contributed by atoms with van der Waals surface area (Å²) in [4.78, 5) is 0. The minimum absolute atomic E-state index is 0.204. The van der Waals surface area contributed by atoms with Crippen molar-refractivity contribution in [1.29, 1.82) is 0 Å². The van der Waals surface area contributed by atoms with E-state index in [9.17, 15) is 8.78 Å². The molecule has 4 heteroatoms. The van der Waals surface area contributed by atoms with Gasteiger partial charge >= 0.3 is 0 Å². The van der Waals surface area contributed by atoms with Crippen LogP contribution < -0.4 is 0 Å². The Hall–Kier alpha value is -1.42. The molecule has 1 rings (SSSR count). The number of phenolic OH excluding ortho intramolecular Hbond substituents is 1. The quantitative estimate of drug-likeness (QED) is 0.737. The molecule has 0 spiro atoms. The summed E-state index contributed by atoms with van der Waals surface area (Å²) in [5.41, 5.74) is 0.252. The van der Waals surface area contributed by atoms with Gasteiger partial charge in [0.2, 0.25) is 0 Å². The maximum Gasteiger partial charge on any atom is 0.187 e. The fourth-order valence-electron chi connectivity index (χ4n) is 0.870. The molecule has 70 valence electrons. The van der Waals surface area contributed by atoms with Crippen molar-refractivity contribution in [2.24, 2.45) is 0 Å². The molecule has 0 aliphatic rings. The highest BCUT2D eigenvalue weighted by atomic mass is 19.1. The Bertz CT molecular complexity index is 311. The molecule has 13 heavy (non-hydrogen) atoms. The second-order valence-electron chi connectivity index (χ2n) is 2.42. The third kappa shape index (κ3) is 2.26. The fraction of sp³-hybridized carbons (Fsp3) is 0.111. The zero-order chi connectivity index (χ0) is 9.84. The van der Waals surface area contributed by atoms with Crippen LogP contribution in [0.15, 0.2) is 18.2 Å². The summed E-state index contributed by atoms with van der Waals surface area (Å²) in [7, 11) is 0. The van der Waals surface area contributed by atoms with E-state index in [0.29, 0.717) is 0 Å². The number of hydrogen-bond acceptors (Lipinski definition) is 2. The first-order valence-corrected chi connectivity index (χ1v) is 3.60. The molecule has 0 radical (unpaired) electrons. The number of rotatable bonds is 2. The van der Waals surface area contributed by atoms with Crippen LogP contribution in [0.2, 0.25) is 0 Å². The summed E-state index contributed by atoms with van der Waals surface area (Å²) in [5.74, 6) is -3.02. The molecule has 0 bridgehead atoms. The first kappa shape index (κ1) is 9.67. The number of aliphatic hydroxyl groups is 1. The fourth-order valence-corrected chi connectivity index (χ4v) is 0.870. The van der Waals surface area contributed by atoms with E-state index in [0.717, 1.165) is 12.1 Å². The van der Waals surface area contributed by atoms with Gasteiger partial charge in [0.05, 0.1) is 6.61 Å². The lowest BCUT2D eigenvalue weighted by Gasteiger charge is -1.98. The van der Waals surface area contributed by atoms with Gasteiger partial charge in [-0.3, -0.25) is 0 Å². The van der Waals surface area contributed by atoms with E-state index in [4.69, 9.17) is 10.2 Å². The van der Waals surface area contributed by atoms with E-state index in [-0.39, 0.29) is 12.2 Å². The van der Waals surface area contributed by atoms with Crippen LogP contribution >= 0.6 is 0 Å². The Morgan fingerprint density at radius 1 is 1.23 bits per heavy atom. The Kier molecular flexibility index (Phi) is 2.97. The number of benzene rings is 1. The molecule has 0 saturated heterocycles. The average Bonchev–Trinajstić information content (AvgIpc) is 2.10. The Balaban J connectivity index is 3.06. The summed E-state index contributed by atoms with van der Waals surface area (Å²) in [6, 6.07) is 1.95. The van der Waals surface area contributed by atoms with Crippen molar-refractivity contribution in [2.45, 2.75) is 0 Å². The molecule has 2 nitrogen and oxygen atoms in total. The molecule has 0 atom stereocenters. The lowest BCUT2D eigenvalue weighted by Crippen LogP contribution is -1.85. The molecular weight excluding hydrogens is 178 g/mol. The molecular formula is C9H8F2O2. The van der Waals surface area contributed by atoms with Crippen LogP contribution in [0.1, 0.15) is 5.56 Å². The standard InChI is InChI=1S/C9H8F2O2/c10-7-4-6(2-1-3-12)5-8(11)9(7)13/h1-2,4-5,12-13H,3H2. The topological polar surface area (TPSA) is 40.5 Å². The van der Waals surface area contributed by atoms with Crippen LogP contribution in [0.3, 0.4) is 0 Å². The van der Waals surface area contributed by atoms with Crippen LogP contribution in [0.25, 0.3) is 6.08 Å². The summed E-state index contributed by atoms with van der Waals surface area (Å²) in [6.07, 6.45) is 2.69. The van der Waals surface area contributed by atoms with Crippen molar-refractivity contribution in [3.8, 4) is 5.75 Å². The van der Waals surface area contributed by atoms with Gasteiger partial charge in [-0.05, 0) is 17.7 Å². The van der Waals surface area contributed by atoms with Gasteiger partial charge in [-0.1, -0.05) is 12.2 Å². The number of hydrogen-bond donors (Lipinski definition) is 2. The van der Waals surface area contributed by atoms with Gasteiger partial charge in [0.15, 0.2) is 17.4 Å². The second kappa shape index (κ2) is 4.00. The molecule has 0 amide bonds. The van der Waals surface area contributed by atoms with Gasteiger partial charge in [0.25, 0.3) is 0 Å². The van der Waals surface area contributed by atoms with Crippen LogP contribution in [-0.4, -0.2) is 16.8 Å². The Morgan fingerprint density at radius 3 is 2.23 bits per heavy atom. The van der Waals surface area contributed by atoms with Gasteiger partial charge in [-0.15, -0.1) is 0 Å². The van der Waals surface area contributed by atoms with E-state index in [1.165, 1.54) is 12.2 Å². The largest absolute Gasteiger partial charge is 0.503 e. The van der Waals surface area contributed by atoms with Crippen molar-refractivity contribution >= 4 is 6.08 Å². The van der Waals surface area contributed by atoms with E-state index in [1.807, 2.05) is 0 Å². The van der Waals surface area contributed by atoms with Crippen LogP contribution in [0.5, 0.6) is 5.75 Å². The highest BCUT2D eigenvalue weighted by Gasteiger charge is 2.07. The van der Waals surface area contributed by atoms with E-state index in [2.05, 4.69) is 0 Å². The van der Waals surface area contributed by atoms with Crippen molar-refractivity contribution in [1.82, 2.24) is 0 Å². The van der Waals surface area contributed by atoms with Crippen LogP contribution in [0.4, 0.5) is 8.78 Å². The minimum Gasteiger partial charge on any atom is -0.503 e. The van der Waals surface area contributed by atoms with Gasteiger partial charge in [-0.25, -0.2) is 8.78 Å². The normalized spacial score (nSPS) is 11.0. The third-order valence-electron chi connectivity index (χ3n) is 1.45. The number of aromatic hydroxyl groups is 1. The summed E-state index contributed by atoms with van der Waals surface area (Å²) in [6.45, 7) is -0.204. The van der Waals surface area contributed by atoms with Crippen molar-refractivity contribution in [3.63, 3.8) is 0 Å². The first-order chi connectivity index (χ1) is 6.15. The predicted molar refractivity (Wildman–Crippen MR) is 44.1 cm³/mol. The van der Waals surface area contributed by atoms with Crippen LogP contribution in [0, 0.1) is 11.6 Å². The monoisotopic (exact) mass is 186 g/mol. The van der Waals surface area contributed by atoms with Gasteiger partial charge < -0.3 is 10.2 Å². The maximum atomic E-state index is 12.7. The Labute approximate surface area is 73.8 Å². The van der Waals surface area contributed by atoms with Crippen molar-refractivity contribution in [3.05, 3.63) is 35.4 Å². The molecule has 0 aliphatic heterocycles. The smallest absolute Gasteiger partial charge is 0.187 e. The molecule has 0 saturated carbocycles. The second-order valence-corrected chi connectivity index (χ2v) is 2.42. The average molecular weight is 186 g/mol. The predicted octanol–water partition coefficient (Wildman–Crippen LogP) is 1.68. The maximum absolute atomic E-state index is 12.7. The molecule has 1 aromatic rings. The summed E-state index contributed by atoms with van der Waals surface area (Å²) >= 11 is 0. The lowest BCUT2D eigenvalue weighted by atomic mass is 10.2. The zero-order valence-corrected chi connectivity index (χ0v) is 6.67. The number of halogens is 2. The number of phenols is 1. The number of aliphatic hydroxyl groups excluding tert-OH is 1. The minimum atomic E-state index is -1.02. The third-order valence-corrected chi connectivity index (χ3v) is 1.45. The molecule has 0 heterocycles. The molecule has 0 aromatic heterocycles. The zero-order valence-electron chi connectivity index (χ0n) is 6.67.